The zero-order chi connectivity index (χ0) is 20.1. The Kier molecular flexibility index (Phi) is 5.78. The fourth-order valence-corrected chi connectivity index (χ4v) is 3.67. The van der Waals surface area contributed by atoms with Crippen molar-refractivity contribution >= 4 is 5.88 Å². The largest absolute Gasteiger partial charge is 0.494 e. The monoisotopic (exact) mass is 389 g/mol. The van der Waals surface area contributed by atoms with Gasteiger partial charge in [-0.3, -0.25) is 0 Å². The molecule has 0 atom stereocenters. The molecule has 0 saturated carbocycles. The molecule has 0 amide bonds. The molecule has 6 nitrogen and oxygen atoms in total. The number of quaternary nitrogens is 1. The lowest BCUT2D eigenvalue weighted by Crippen LogP contribution is -3.13. The van der Waals surface area contributed by atoms with Crippen molar-refractivity contribution in [1.29, 1.82) is 5.26 Å². The van der Waals surface area contributed by atoms with Gasteiger partial charge in [0.25, 0.3) is 0 Å². The molecule has 29 heavy (non-hydrogen) atoms. The Hall–Kier alpha value is -3.30. The molecule has 2 heterocycles. The molecule has 0 unspecified atom stereocenters. The van der Waals surface area contributed by atoms with E-state index in [4.69, 9.17) is 9.15 Å². The molecule has 1 N–H and O–H groups in total. The van der Waals surface area contributed by atoms with Crippen LogP contribution in [0, 0.1) is 11.3 Å². The molecule has 1 aromatic heterocycles. The highest BCUT2D eigenvalue weighted by atomic mass is 16.5. The van der Waals surface area contributed by atoms with Crippen LogP contribution in [-0.2, 0) is 6.54 Å². The van der Waals surface area contributed by atoms with E-state index in [1.807, 2.05) is 37.3 Å². The number of nitrogens with zero attached hydrogens (tertiary/aromatic N) is 3. The molecule has 0 spiro atoms. The molecular weight excluding hydrogens is 364 g/mol. The fourth-order valence-electron chi connectivity index (χ4n) is 3.67. The van der Waals surface area contributed by atoms with Crippen molar-refractivity contribution in [3.05, 3.63) is 65.9 Å². The van der Waals surface area contributed by atoms with Gasteiger partial charge >= 0.3 is 0 Å². The summed E-state index contributed by atoms with van der Waals surface area (Å²) in [4.78, 5) is 8.10. The van der Waals surface area contributed by atoms with Crippen LogP contribution in [0.1, 0.15) is 18.2 Å². The summed E-state index contributed by atoms with van der Waals surface area (Å²) in [6, 6.07) is 20.3. The van der Waals surface area contributed by atoms with Gasteiger partial charge in [-0.2, -0.15) is 10.2 Å². The van der Waals surface area contributed by atoms with Gasteiger partial charge in [-0.05, 0) is 31.2 Å². The smallest absolute Gasteiger partial charge is 0.235 e. The van der Waals surface area contributed by atoms with E-state index in [2.05, 4.69) is 40.2 Å². The first-order valence-electron chi connectivity index (χ1n) is 10.0. The number of aromatic nitrogens is 1. The van der Waals surface area contributed by atoms with E-state index in [-0.39, 0.29) is 0 Å². The predicted molar refractivity (Wildman–Crippen MR) is 111 cm³/mol. The number of benzene rings is 2. The lowest BCUT2D eigenvalue weighted by Gasteiger charge is -2.31. The van der Waals surface area contributed by atoms with E-state index in [1.54, 1.807) is 0 Å². The first kappa shape index (κ1) is 19.0. The summed E-state index contributed by atoms with van der Waals surface area (Å²) in [6.45, 7) is 7.28. The Morgan fingerprint density at radius 1 is 1.10 bits per heavy atom. The van der Waals surface area contributed by atoms with Crippen LogP contribution in [0.15, 0.2) is 59.0 Å². The summed E-state index contributed by atoms with van der Waals surface area (Å²) in [7, 11) is 0. The lowest BCUT2D eigenvalue weighted by atomic mass is 10.2. The Labute approximate surface area is 170 Å². The van der Waals surface area contributed by atoms with E-state index in [0.29, 0.717) is 24.1 Å². The van der Waals surface area contributed by atoms with Crippen molar-refractivity contribution in [3.63, 3.8) is 0 Å². The van der Waals surface area contributed by atoms with Crippen molar-refractivity contribution in [2.24, 2.45) is 0 Å². The van der Waals surface area contributed by atoms with Gasteiger partial charge in [-0.15, -0.1) is 0 Å². The van der Waals surface area contributed by atoms with Crippen LogP contribution < -0.4 is 14.5 Å². The second kappa shape index (κ2) is 8.80. The van der Waals surface area contributed by atoms with Crippen LogP contribution >= 0.6 is 0 Å². The minimum Gasteiger partial charge on any atom is -0.494 e. The summed E-state index contributed by atoms with van der Waals surface area (Å²) < 4.78 is 11.5. The molecule has 3 aromatic rings. The summed E-state index contributed by atoms with van der Waals surface area (Å²) in [6.07, 6.45) is 0. The predicted octanol–water partition coefficient (Wildman–Crippen LogP) is 2.52. The van der Waals surface area contributed by atoms with Crippen molar-refractivity contribution in [1.82, 2.24) is 4.98 Å². The van der Waals surface area contributed by atoms with Crippen LogP contribution in [0.3, 0.4) is 0 Å². The highest BCUT2D eigenvalue weighted by Crippen LogP contribution is 2.29. The number of nitriles is 1. The Morgan fingerprint density at radius 2 is 1.83 bits per heavy atom. The van der Waals surface area contributed by atoms with E-state index >= 15 is 0 Å². The first-order valence-corrected chi connectivity index (χ1v) is 10.0. The Balaban J connectivity index is 1.44. The van der Waals surface area contributed by atoms with Gasteiger partial charge < -0.3 is 19.0 Å². The molecule has 6 heteroatoms. The maximum atomic E-state index is 9.55. The first-order chi connectivity index (χ1) is 14.3. The van der Waals surface area contributed by atoms with Gasteiger partial charge in [-0.1, -0.05) is 30.3 Å². The average Bonchev–Trinajstić information content (AvgIpc) is 3.20. The molecule has 4 rings (SSSR count). The summed E-state index contributed by atoms with van der Waals surface area (Å²) in [5.74, 6) is 1.86. The van der Waals surface area contributed by atoms with E-state index in [9.17, 15) is 5.26 Å². The molecule has 2 aromatic carbocycles. The lowest BCUT2D eigenvalue weighted by molar-refractivity contribution is -0.914. The van der Waals surface area contributed by atoms with Crippen LogP contribution in [0.5, 0.6) is 5.75 Å². The van der Waals surface area contributed by atoms with Crippen molar-refractivity contribution in [3.8, 4) is 23.3 Å². The summed E-state index contributed by atoms with van der Waals surface area (Å²) in [5.41, 5.74) is 2.54. The van der Waals surface area contributed by atoms with Crippen LogP contribution in [0.2, 0.25) is 0 Å². The SMILES string of the molecule is CCOc1ccc(-c2nc(C#N)c(N3CC[NH+](Cc4ccccc4)CC3)o2)cc1. The number of hydrogen-bond acceptors (Lipinski definition) is 5. The second-order valence-corrected chi connectivity index (χ2v) is 7.14. The van der Waals surface area contributed by atoms with Gasteiger partial charge in [0.05, 0.1) is 32.8 Å². The molecule has 1 saturated heterocycles. The van der Waals surface area contributed by atoms with Gasteiger partial charge in [0.2, 0.25) is 17.5 Å². The second-order valence-electron chi connectivity index (χ2n) is 7.14. The number of ether oxygens (including phenoxy) is 1. The number of nitrogens with one attached hydrogen (secondary N) is 1. The number of anilines is 1. The van der Waals surface area contributed by atoms with Crippen molar-refractivity contribution in [2.45, 2.75) is 13.5 Å². The van der Waals surface area contributed by atoms with Crippen molar-refractivity contribution in [2.75, 3.05) is 37.7 Å². The standard InChI is InChI=1S/C23H24N4O2/c1-2-28-20-10-8-19(9-11-20)22-25-21(16-24)23(29-22)27-14-12-26(13-15-27)17-18-6-4-3-5-7-18/h3-11H,2,12-15,17H2,1H3/p+1. The topological polar surface area (TPSA) is 66.7 Å². The molecule has 1 fully saturated rings. The van der Waals surface area contributed by atoms with Crippen LogP contribution in [-0.4, -0.2) is 37.8 Å². The minimum atomic E-state index is 0.348. The number of rotatable bonds is 6. The normalized spacial score (nSPS) is 14.6. The summed E-state index contributed by atoms with van der Waals surface area (Å²) in [5, 5.41) is 9.55. The molecule has 0 bridgehead atoms. The highest BCUT2D eigenvalue weighted by Gasteiger charge is 2.26. The zero-order valence-electron chi connectivity index (χ0n) is 16.6. The number of oxazole rings is 1. The number of hydrogen-bond donors (Lipinski definition) is 1. The van der Waals surface area contributed by atoms with Crippen molar-refractivity contribution < 1.29 is 14.1 Å². The van der Waals surface area contributed by atoms with Crippen LogP contribution in [0.25, 0.3) is 11.5 Å². The molecule has 0 aliphatic carbocycles. The van der Waals surface area contributed by atoms with Gasteiger partial charge in [0, 0.05) is 11.1 Å². The fraction of sp³-hybridized carbons (Fsp3) is 0.304. The maximum absolute atomic E-state index is 9.55. The Morgan fingerprint density at radius 3 is 2.48 bits per heavy atom. The van der Waals surface area contributed by atoms with Gasteiger partial charge in [-0.25, -0.2) is 0 Å². The molecule has 148 valence electrons. The summed E-state index contributed by atoms with van der Waals surface area (Å²) >= 11 is 0. The van der Waals surface area contributed by atoms with E-state index in [1.165, 1.54) is 10.5 Å². The molecular formula is C23H25N4O2+. The van der Waals surface area contributed by atoms with Gasteiger partial charge in [0.1, 0.15) is 18.4 Å². The molecule has 0 radical (unpaired) electrons. The number of piperazine rings is 1. The quantitative estimate of drug-likeness (QED) is 0.702. The third-order valence-electron chi connectivity index (χ3n) is 5.18. The molecule has 1 aliphatic rings. The third kappa shape index (κ3) is 4.41. The van der Waals surface area contributed by atoms with Crippen LogP contribution in [0.4, 0.5) is 5.88 Å². The molecule has 1 aliphatic heterocycles. The zero-order valence-corrected chi connectivity index (χ0v) is 16.6. The van der Waals surface area contributed by atoms with E-state index in [0.717, 1.165) is 44.0 Å². The van der Waals surface area contributed by atoms with E-state index < -0.39 is 0 Å². The van der Waals surface area contributed by atoms with Gasteiger partial charge in [0.15, 0.2) is 0 Å². The minimum absolute atomic E-state index is 0.348. The Bertz CT molecular complexity index is 968. The maximum Gasteiger partial charge on any atom is 0.235 e. The third-order valence-corrected chi connectivity index (χ3v) is 5.18. The highest BCUT2D eigenvalue weighted by molar-refractivity contribution is 5.60. The average molecular weight is 389 g/mol.